The highest BCUT2D eigenvalue weighted by Gasteiger charge is 2.21. The first-order valence-electron chi connectivity index (χ1n) is 5.93. The zero-order chi connectivity index (χ0) is 15.5. The summed E-state index contributed by atoms with van der Waals surface area (Å²) in [7, 11) is -3.82. The Bertz CT molecular complexity index is 740. The number of sulfonamides is 1. The smallest absolute Gasteiger partial charge is 0.343 e. The first kappa shape index (κ1) is 15.5. The number of halogens is 1. The summed E-state index contributed by atoms with van der Waals surface area (Å²) in [6, 6.07) is 6.08. The Morgan fingerprint density at radius 2 is 2.05 bits per heavy atom. The molecule has 2 rings (SSSR count). The Hall–Kier alpha value is -1.87. The van der Waals surface area contributed by atoms with Crippen LogP contribution in [0.5, 0.6) is 0 Å². The molecule has 7 nitrogen and oxygen atoms in total. The minimum absolute atomic E-state index is 0.0255. The van der Waals surface area contributed by atoms with Crippen molar-refractivity contribution in [3.63, 3.8) is 0 Å². The summed E-state index contributed by atoms with van der Waals surface area (Å²) in [5.41, 5.74) is 0.0255. The van der Waals surface area contributed by atoms with Crippen LogP contribution >= 0.6 is 15.9 Å². The third kappa shape index (κ3) is 3.61. The molecule has 0 bridgehead atoms. The number of aromatic amines is 1. The predicted octanol–water partition coefficient (Wildman–Crippen LogP) is 2.15. The van der Waals surface area contributed by atoms with Gasteiger partial charge in [-0.15, -0.1) is 0 Å². The predicted molar refractivity (Wildman–Crippen MR) is 79.5 cm³/mol. The van der Waals surface area contributed by atoms with Gasteiger partial charge in [-0.05, 0) is 31.2 Å². The van der Waals surface area contributed by atoms with Crippen molar-refractivity contribution < 1.29 is 17.9 Å². The summed E-state index contributed by atoms with van der Waals surface area (Å²) in [5, 5.41) is 6.09. The van der Waals surface area contributed by atoms with Crippen LogP contribution in [0.3, 0.4) is 0 Å². The lowest BCUT2D eigenvalue weighted by atomic mass is 10.3. The Morgan fingerprint density at radius 3 is 2.67 bits per heavy atom. The summed E-state index contributed by atoms with van der Waals surface area (Å²) >= 11 is 3.23. The number of aromatic nitrogens is 2. The average molecular weight is 374 g/mol. The summed E-state index contributed by atoms with van der Waals surface area (Å²) in [6.07, 6.45) is 1.21. The van der Waals surface area contributed by atoms with Gasteiger partial charge >= 0.3 is 5.97 Å². The second-order valence-electron chi connectivity index (χ2n) is 3.94. The number of benzene rings is 1. The van der Waals surface area contributed by atoms with Gasteiger partial charge in [0.05, 0.1) is 17.7 Å². The number of ether oxygens (including phenoxy) is 1. The van der Waals surface area contributed by atoms with E-state index in [1.807, 2.05) is 0 Å². The molecular weight excluding hydrogens is 362 g/mol. The van der Waals surface area contributed by atoms with E-state index in [-0.39, 0.29) is 22.9 Å². The monoisotopic (exact) mass is 373 g/mol. The molecule has 21 heavy (non-hydrogen) atoms. The van der Waals surface area contributed by atoms with E-state index in [2.05, 4.69) is 30.8 Å². The normalized spacial score (nSPS) is 11.1. The number of nitrogens with one attached hydrogen (secondary N) is 2. The van der Waals surface area contributed by atoms with E-state index in [1.165, 1.54) is 18.3 Å². The van der Waals surface area contributed by atoms with E-state index in [1.54, 1.807) is 19.1 Å². The van der Waals surface area contributed by atoms with Gasteiger partial charge in [-0.1, -0.05) is 15.9 Å². The molecule has 0 fully saturated rings. The number of nitrogens with zero attached hydrogens (tertiary/aromatic N) is 1. The van der Waals surface area contributed by atoms with Gasteiger partial charge in [0.2, 0.25) is 0 Å². The molecule has 0 unspecified atom stereocenters. The van der Waals surface area contributed by atoms with Crippen molar-refractivity contribution in [2.24, 2.45) is 0 Å². The fourth-order valence-electron chi connectivity index (χ4n) is 1.53. The number of anilines is 1. The molecule has 1 aromatic heterocycles. The molecule has 112 valence electrons. The number of carbonyl (C=O) groups is 1. The number of hydrogen-bond acceptors (Lipinski definition) is 5. The first-order chi connectivity index (χ1) is 9.94. The molecule has 0 saturated heterocycles. The van der Waals surface area contributed by atoms with Crippen molar-refractivity contribution >= 4 is 37.7 Å². The van der Waals surface area contributed by atoms with Crippen LogP contribution in [0, 0.1) is 0 Å². The zero-order valence-electron chi connectivity index (χ0n) is 11.0. The molecule has 2 N–H and O–H groups in total. The van der Waals surface area contributed by atoms with Gasteiger partial charge in [0, 0.05) is 4.47 Å². The third-order valence-electron chi connectivity index (χ3n) is 2.50. The van der Waals surface area contributed by atoms with Gasteiger partial charge in [-0.2, -0.15) is 5.10 Å². The molecular formula is C12H12BrN3O4S. The molecule has 0 aliphatic rings. The van der Waals surface area contributed by atoms with Crippen LogP contribution in [0.1, 0.15) is 17.3 Å². The molecule has 0 spiro atoms. The summed E-state index contributed by atoms with van der Waals surface area (Å²) in [6.45, 7) is 1.84. The Kier molecular flexibility index (Phi) is 4.63. The Balaban J connectivity index is 2.27. The van der Waals surface area contributed by atoms with Crippen LogP contribution in [0.4, 0.5) is 5.82 Å². The Morgan fingerprint density at radius 1 is 1.38 bits per heavy atom. The van der Waals surface area contributed by atoms with Crippen LogP contribution in [0.15, 0.2) is 39.8 Å². The molecule has 0 aliphatic heterocycles. The molecule has 0 atom stereocenters. The standard InChI is InChI=1S/C12H12BrN3O4S/c1-2-20-12(17)10-7-14-15-11(10)16-21(18,19)9-5-3-8(13)4-6-9/h3-7H,2H2,1H3,(H2,14,15,16). The highest BCUT2D eigenvalue weighted by Crippen LogP contribution is 2.20. The second-order valence-corrected chi connectivity index (χ2v) is 6.54. The van der Waals surface area contributed by atoms with Crippen molar-refractivity contribution in [2.45, 2.75) is 11.8 Å². The fourth-order valence-corrected chi connectivity index (χ4v) is 2.84. The maximum Gasteiger partial charge on any atom is 0.343 e. The number of rotatable bonds is 5. The second kappa shape index (κ2) is 6.27. The van der Waals surface area contributed by atoms with Crippen molar-refractivity contribution in [1.29, 1.82) is 0 Å². The van der Waals surface area contributed by atoms with Crippen molar-refractivity contribution in [1.82, 2.24) is 10.2 Å². The number of hydrogen-bond donors (Lipinski definition) is 2. The zero-order valence-corrected chi connectivity index (χ0v) is 13.4. The van der Waals surface area contributed by atoms with E-state index in [9.17, 15) is 13.2 Å². The SMILES string of the molecule is CCOC(=O)c1cn[nH]c1NS(=O)(=O)c1ccc(Br)cc1. The molecule has 0 aliphatic carbocycles. The van der Waals surface area contributed by atoms with Crippen molar-refractivity contribution in [3.05, 3.63) is 40.5 Å². The van der Waals surface area contributed by atoms with Gasteiger partial charge in [0.25, 0.3) is 10.0 Å². The van der Waals surface area contributed by atoms with E-state index < -0.39 is 16.0 Å². The van der Waals surface area contributed by atoms with Gasteiger partial charge in [0.1, 0.15) is 11.4 Å². The largest absolute Gasteiger partial charge is 0.462 e. The number of esters is 1. The summed E-state index contributed by atoms with van der Waals surface area (Å²) in [4.78, 5) is 11.7. The fraction of sp³-hybridized carbons (Fsp3) is 0.167. The van der Waals surface area contributed by atoms with Crippen LogP contribution in [0.2, 0.25) is 0 Å². The van der Waals surface area contributed by atoms with Gasteiger partial charge < -0.3 is 4.74 Å². The average Bonchev–Trinajstić information content (AvgIpc) is 2.87. The topological polar surface area (TPSA) is 101 Å². The highest BCUT2D eigenvalue weighted by atomic mass is 79.9. The van der Waals surface area contributed by atoms with Gasteiger partial charge in [-0.25, -0.2) is 13.2 Å². The van der Waals surface area contributed by atoms with E-state index >= 15 is 0 Å². The molecule has 1 aromatic carbocycles. The maximum atomic E-state index is 12.2. The maximum absolute atomic E-state index is 12.2. The third-order valence-corrected chi connectivity index (χ3v) is 4.39. The minimum Gasteiger partial charge on any atom is -0.462 e. The lowest BCUT2D eigenvalue weighted by Crippen LogP contribution is -2.16. The molecule has 0 radical (unpaired) electrons. The molecule has 2 aromatic rings. The van der Waals surface area contributed by atoms with Crippen LogP contribution < -0.4 is 4.72 Å². The summed E-state index contributed by atoms with van der Waals surface area (Å²) in [5.74, 6) is -0.684. The molecule has 0 amide bonds. The van der Waals surface area contributed by atoms with Crippen molar-refractivity contribution in [3.8, 4) is 0 Å². The van der Waals surface area contributed by atoms with Crippen molar-refractivity contribution in [2.75, 3.05) is 11.3 Å². The van der Waals surface area contributed by atoms with Crippen LogP contribution in [-0.4, -0.2) is 31.2 Å². The lowest BCUT2D eigenvalue weighted by molar-refractivity contribution is 0.0527. The molecule has 0 saturated carbocycles. The number of carbonyl (C=O) groups excluding carboxylic acids is 1. The number of H-pyrrole nitrogens is 1. The van der Waals surface area contributed by atoms with E-state index in [0.717, 1.165) is 4.47 Å². The van der Waals surface area contributed by atoms with Gasteiger partial charge in [-0.3, -0.25) is 9.82 Å². The minimum atomic E-state index is -3.82. The Labute approximate surface area is 129 Å². The molecule has 1 heterocycles. The lowest BCUT2D eigenvalue weighted by Gasteiger charge is -2.08. The van der Waals surface area contributed by atoms with E-state index in [4.69, 9.17) is 4.74 Å². The van der Waals surface area contributed by atoms with E-state index in [0.29, 0.717) is 0 Å². The summed E-state index contributed by atoms with van der Waals surface area (Å²) < 4.78 is 32.3. The van der Waals surface area contributed by atoms with Crippen LogP contribution in [-0.2, 0) is 14.8 Å². The first-order valence-corrected chi connectivity index (χ1v) is 8.20. The molecule has 9 heteroatoms. The van der Waals surface area contributed by atoms with Crippen LogP contribution in [0.25, 0.3) is 0 Å². The quantitative estimate of drug-likeness (QED) is 0.781. The van der Waals surface area contributed by atoms with Gasteiger partial charge in [0.15, 0.2) is 0 Å². The highest BCUT2D eigenvalue weighted by molar-refractivity contribution is 9.10.